The maximum absolute atomic E-state index is 12.0. The van der Waals surface area contributed by atoms with Crippen LogP contribution in [0.5, 0.6) is 17.2 Å². The van der Waals surface area contributed by atoms with Crippen molar-refractivity contribution in [3.8, 4) is 39.6 Å². The number of methoxy groups -OCH3 is 1. The van der Waals surface area contributed by atoms with E-state index in [0.717, 1.165) is 5.56 Å². The van der Waals surface area contributed by atoms with Gasteiger partial charge in [-0.25, -0.2) is 4.98 Å². The third-order valence-electron chi connectivity index (χ3n) is 4.18. The Labute approximate surface area is 147 Å². The molecule has 130 valence electrons. The first-order valence-electron chi connectivity index (χ1n) is 7.85. The second-order valence-electron chi connectivity index (χ2n) is 5.79. The summed E-state index contributed by atoms with van der Waals surface area (Å²) in [6, 6.07) is 13.3. The fourth-order valence-electron chi connectivity index (χ4n) is 2.90. The molecule has 2 aromatic carbocycles. The quantitative estimate of drug-likeness (QED) is 0.454. The Bertz CT molecular complexity index is 1180. The van der Waals surface area contributed by atoms with Gasteiger partial charge in [-0.2, -0.15) is 0 Å². The molecule has 0 amide bonds. The van der Waals surface area contributed by atoms with Crippen LogP contribution >= 0.6 is 0 Å². The van der Waals surface area contributed by atoms with Gasteiger partial charge in [-0.05, 0) is 35.9 Å². The molecular weight excluding hydrogens is 334 g/mol. The van der Waals surface area contributed by atoms with Crippen LogP contribution in [-0.4, -0.2) is 32.5 Å². The van der Waals surface area contributed by atoms with Crippen LogP contribution in [-0.2, 0) is 0 Å². The molecule has 0 fully saturated rings. The number of hydrogen-bond acceptors (Lipinski definition) is 5. The Morgan fingerprint density at radius 2 is 1.85 bits per heavy atom. The topological polar surface area (TPSA) is 111 Å². The Morgan fingerprint density at radius 1 is 1.00 bits per heavy atom. The maximum Gasteiger partial charge on any atom is 0.273 e. The van der Waals surface area contributed by atoms with Crippen molar-refractivity contribution in [2.45, 2.75) is 0 Å². The second-order valence-corrected chi connectivity index (χ2v) is 5.79. The smallest absolute Gasteiger partial charge is 0.273 e. The number of H-pyrrole nitrogens is 2. The first-order valence-corrected chi connectivity index (χ1v) is 7.85. The molecular formula is C19H15N3O4. The molecule has 0 saturated carbocycles. The molecule has 2 aromatic heterocycles. The zero-order chi connectivity index (χ0) is 18.3. The van der Waals surface area contributed by atoms with Crippen LogP contribution in [0.3, 0.4) is 0 Å². The number of aromatic nitrogens is 3. The summed E-state index contributed by atoms with van der Waals surface area (Å²) < 4.78 is 5.28. The lowest BCUT2D eigenvalue weighted by Gasteiger charge is -2.12. The van der Waals surface area contributed by atoms with Gasteiger partial charge in [0.25, 0.3) is 5.56 Å². The summed E-state index contributed by atoms with van der Waals surface area (Å²) in [7, 11) is 1.57. The van der Waals surface area contributed by atoms with E-state index in [4.69, 9.17) is 4.74 Å². The summed E-state index contributed by atoms with van der Waals surface area (Å²) in [5.41, 5.74) is 2.44. The van der Waals surface area contributed by atoms with E-state index in [-0.39, 0.29) is 17.1 Å². The van der Waals surface area contributed by atoms with Crippen LogP contribution in [0.2, 0.25) is 0 Å². The molecule has 0 unspecified atom stereocenters. The van der Waals surface area contributed by atoms with Crippen molar-refractivity contribution in [2.24, 2.45) is 0 Å². The number of pyridine rings is 1. The first-order chi connectivity index (χ1) is 12.6. The predicted octanol–water partition coefficient (Wildman–Crippen LogP) is 3.01. The molecule has 0 aliphatic rings. The molecule has 4 N–H and O–H groups in total. The third-order valence-corrected chi connectivity index (χ3v) is 4.18. The summed E-state index contributed by atoms with van der Waals surface area (Å²) >= 11 is 0. The molecule has 26 heavy (non-hydrogen) atoms. The normalized spacial score (nSPS) is 11.0. The molecule has 2 heterocycles. The van der Waals surface area contributed by atoms with Crippen LogP contribution in [0.15, 0.2) is 53.3 Å². The fourth-order valence-corrected chi connectivity index (χ4v) is 2.90. The van der Waals surface area contributed by atoms with E-state index < -0.39 is 0 Å². The SMILES string of the molecule is COc1cccc(-c2cc3c(=O)[nH][nH]c3nc2-c2ccc(O)cc2O)c1. The maximum atomic E-state index is 12.0. The van der Waals surface area contributed by atoms with Crippen LogP contribution in [0.1, 0.15) is 0 Å². The van der Waals surface area contributed by atoms with E-state index in [9.17, 15) is 15.0 Å². The molecule has 0 spiro atoms. The number of ether oxygens (including phenoxy) is 1. The molecule has 7 nitrogen and oxygen atoms in total. The number of nitrogens with one attached hydrogen (secondary N) is 2. The van der Waals surface area contributed by atoms with Crippen LogP contribution in [0, 0.1) is 0 Å². The second kappa shape index (κ2) is 5.96. The van der Waals surface area contributed by atoms with Crippen LogP contribution < -0.4 is 10.3 Å². The number of phenolic OH excluding ortho intramolecular Hbond substituents is 2. The van der Waals surface area contributed by atoms with Gasteiger partial charge < -0.3 is 14.9 Å². The third kappa shape index (κ3) is 2.55. The molecule has 0 aliphatic heterocycles. The number of fused-ring (bicyclic) bond motifs is 1. The number of nitrogens with zero attached hydrogens (tertiary/aromatic N) is 1. The number of phenols is 2. The van der Waals surface area contributed by atoms with Crippen LogP contribution in [0.25, 0.3) is 33.4 Å². The van der Waals surface area contributed by atoms with Crippen molar-refractivity contribution < 1.29 is 14.9 Å². The fraction of sp³-hybridized carbons (Fsp3) is 0.0526. The van der Waals surface area contributed by atoms with Crippen molar-refractivity contribution in [1.29, 1.82) is 0 Å². The average molecular weight is 349 g/mol. The van der Waals surface area contributed by atoms with E-state index in [0.29, 0.717) is 33.6 Å². The number of hydrogen-bond donors (Lipinski definition) is 4. The van der Waals surface area contributed by atoms with Crippen molar-refractivity contribution >= 4 is 11.0 Å². The average Bonchev–Trinajstić information content (AvgIpc) is 3.01. The van der Waals surface area contributed by atoms with Gasteiger partial charge in [0.05, 0.1) is 18.2 Å². The minimum atomic E-state index is -0.280. The lowest BCUT2D eigenvalue weighted by molar-refractivity contribution is 0.415. The van der Waals surface area contributed by atoms with Gasteiger partial charge in [0.15, 0.2) is 5.65 Å². The molecule has 0 bridgehead atoms. The summed E-state index contributed by atoms with van der Waals surface area (Å²) in [6.07, 6.45) is 0. The highest BCUT2D eigenvalue weighted by atomic mass is 16.5. The molecule has 4 rings (SSSR count). The van der Waals surface area contributed by atoms with Crippen molar-refractivity contribution in [3.05, 3.63) is 58.9 Å². The van der Waals surface area contributed by atoms with Crippen LogP contribution in [0.4, 0.5) is 0 Å². The lowest BCUT2D eigenvalue weighted by Crippen LogP contribution is -1.99. The Hall–Kier alpha value is -3.74. The monoisotopic (exact) mass is 349 g/mol. The zero-order valence-electron chi connectivity index (χ0n) is 13.8. The number of aromatic amines is 2. The van der Waals surface area contributed by atoms with E-state index in [2.05, 4.69) is 15.2 Å². The van der Waals surface area contributed by atoms with E-state index in [1.54, 1.807) is 19.2 Å². The van der Waals surface area contributed by atoms with Crippen molar-refractivity contribution in [3.63, 3.8) is 0 Å². The first kappa shape index (κ1) is 15.8. The van der Waals surface area contributed by atoms with Crippen molar-refractivity contribution in [2.75, 3.05) is 7.11 Å². The molecule has 0 radical (unpaired) electrons. The molecule has 0 saturated heterocycles. The Kier molecular flexibility index (Phi) is 3.62. The summed E-state index contributed by atoms with van der Waals surface area (Å²) in [5, 5.41) is 25.5. The summed E-state index contributed by atoms with van der Waals surface area (Å²) in [6.45, 7) is 0. The highest BCUT2D eigenvalue weighted by molar-refractivity contribution is 5.91. The minimum absolute atomic E-state index is 0.0506. The van der Waals surface area contributed by atoms with Gasteiger partial charge >= 0.3 is 0 Å². The van der Waals surface area contributed by atoms with E-state index in [1.807, 2.05) is 24.3 Å². The van der Waals surface area contributed by atoms with E-state index >= 15 is 0 Å². The molecule has 0 atom stereocenters. The Morgan fingerprint density at radius 3 is 2.62 bits per heavy atom. The minimum Gasteiger partial charge on any atom is -0.508 e. The molecule has 7 heteroatoms. The van der Waals surface area contributed by atoms with Gasteiger partial charge in [-0.3, -0.25) is 15.0 Å². The lowest BCUT2D eigenvalue weighted by atomic mass is 9.97. The molecule has 0 aliphatic carbocycles. The summed E-state index contributed by atoms with van der Waals surface area (Å²) in [5.74, 6) is 0.496. The molecule has 4 aromatic rings. The van der Waals surface area contributed by atoms with Gasteiger partial charge in [0.1, 0.15) is 17.2 Å². The van der Waals surface area contributed by atoms with E-state index in [1.165, 1.54) is 12.1 Å². The Balaban J connectivity index is 2.05. The summed E-state index contributed by atoms with van der Waals surface area (Å²) in [4.78, 5) is 16.5. The largest absolute Gasteiger partial charge is 0.508 e. The number of benzene rings is 2. The zero-order valence-corrected chi connectivity index (χ0v) is 13.8. The highest BCUT2D eigenvalue weighted by Crippen LogP contribution is 2.38. The standard InChI is InChI=1S/C19H15N3O4/c1-26-12-4-2-3-10(7-12)14-9-15-18(21-22-19(15)25)20-17(14)13-6-5-11(23)8-16(13)24/h2-9,23-24H,1H3,(H2,20,21,22,25). The van der Waals surface area contributed by atoms with Gasteiger partial charge in [0, 0.05) is 17.2 Å². The number of aromatic hydroxyl groups is 2. The van der Waals surface area contributed by atoms with Gasteiger partial charge in [0.2, 0.25) is 0 Å². The van der Waals surface area contributed by atoms with Crippen molar-refractivity contribution in [1.82, 2.24) is 15.2 Å². The van der Waals surface area contributed by atoms with Gasteiger partial charge in [-0.1, -0.05) is 12.1 Å². The highest BCUT2D eigenvalue weighted by Gasteiger charge is 2.17. The predicted molar refractivity (Wildman–Crippen MR) is 97.5 cm³/mol. The number of rotatable bonds is 3. The van der Waals surface area contributed by atoms with Gasteiger partial charge in [-0.15, -0.1) is 0 Å².